The standard InChI is InChI=1S/C20H22N6O4/c1-4-26-17-16(19(29)25-20(26)30)13(8-14(24-17)11(2)3)18(28)22-10-15(27)23-12-6-5-7-21-9-12/h5-9,11H,4,10H2,1-3H3,(H,22,28)(H,23,27)(H,25,29,30). The minimum Gasteiger partial charge on any atom is -0.343 e. The molecule has 156 valence electrons. The SMILES string of the molecule is CCn1c(=O)[nH]c(=O)c2c(C(=O)NCC(=O)Nc3cccnc3)cc(C(C)C)nc21. The Kier molecular flexibility index (Phi) is 6.05. The van der Waals surface area contributed by atoms with Gasteiger partial charge in [0.15, 0.2) is 5.65 Å². The van der Waals surface area contributed by atoms with Crippen LogP contribution in [0, 0.1) is 0 Å². The number of carbonyl (C=O) groups is 2. The molecule has 0 saturated carbocycles. The molecule has 0 aliphatic rings. The van der Waals surface area contributed by atoms with E-state index in [1.54, 1.807) is 25.3 Å². The van der Waals surface area contributed by atoms with Crippen LogP contribution >= 0.6 is 0 Å². The Bertz CT molecular complexity index is 1210. The molecule has 0 unspecified atom stereocenters. The molecule has 10 nitrogen and oxygen atoms in total. The fourth-order valence-electron chi connectivity index (χ4n) is 2.96. The third-order valence-corrected chi connectivity index (χ3v) is 4.48. The molecule has 2 amide bonds. The highest BCUT2D eigenvalue weighted by molar-refractivity contribution is 6.07. The number of pyridine rings is 2. The summed E-state index contributed by atoms with van der Waals surface area (Å²) >= 11 is 0. The van der Waals surface area contributed by atoms with Crippen molar-refractivity contribution in [3.63, 3.8) is 0 Å². The van der Waals surface area contributed by atoms with Gasteiger partial charge in [0.25, 0.3) is 11.5 Å². The molecule has 0 atom stereocenters. The predicted molar refractivity (Wildman–Crippen MR) is 112 cm³/mol. The van der Waals surface area contributed by atoms with Crippen molar-refractivity contribution in [3.8, 4) is 0 Å². The number of hydrogen-bond donors (Lipinski definition) is 3. The van der Waals surface area contributed by atoms with E-state index in [9.17, 15) is 19.2 Å². The Balaban J connectivity index is 1.95. The van der Waals surface area contributed by atoms with Crippen LogP contribution in [-0.4, -0.2) is 37.9 Å². The lowest BCUT2D eigenvalue weighted by molar-refractivity contribution is -0.115. The van der Waals surface area contributed by atoms with Crippen LogP contribution in [0.1, 0.15) is 42.7 Å². The summed E-state index contributed by atoms with van der Waals surface area (Å²) in [5.74, 6) is -1.11. The van der Waals surface area contributed by atoms with E-state index in [0.29, 0.717) is 11.4 Å². The van der Waals surface area contributed by atoms with E-state index in [4.69, 9.17) is 0 Å². The van der Waals surface area contributed by atoms with Gasteiger partial charge in [0.2, 0.25) is 5.91 Å². The zero-order valence-corrected chi connectivity index (χ0v) is 16.9. The molecule has 0 saturated heterocycles. The van der Waals surface area contributed by atoms with Gasteiger partial charge in [-0.25, -0.2) is 9.78 Å². The number of aryl methyl sites for hydroxylation is 1. The van der Waals surface area contributed by atoms with Crippen LogP contribution in [0.25, 0.3) is 11.0 Å². The van der Waals surface area contributed by atoms with Gasteiger partial charge in [-0.05, 0) is 31.0 Å². The lowest BCUT2D eigenvalue weighted by Crippen LogP contribution is -2.35. The van der Waals surface area contributed by atoms with Crippen LogP contribution in [0.15, 0.2) is 40.2 Å². The number of fused-ring (bicyclic) bond motifs is 1. The van der Waals surface area contributed by atoms with Crippen molar-refractivity contribution in [1.29, 1.82) is 0 Å². The molecule has 0 fully saturated rings. The van der Waals surface area contributed by atoms with E-state index in [0.717, 1.165) is 0 Å². The second-order valence-electron chi connectivity index (χ2n) is 6.92. The monoisotopic (exact) mass is 410 g/mol. The molecular formula is C20H22N6O4. The molecule has 0 spiro atoms. The summed E-state index contributed by atoms with van der Waals surface area (Å²) < 4.78 is 1.30. The molecule has 10 heteroatoms. The average molecular weight is 410 g/mol. The normalized spacial score (nSPS) is 10.9. The minimum atomic E-state index is -0.701. The Morgan fingerprint density at radius 2 is 2.03 bits per heavy atom. The molecule has 0 aliphatic heterocycles. The summed E-state index contributed by atoms with van der Waals surface area (Å²) in [4.78, 5) is 60.2. The van der Waals surface area contributed by atoms with Crippen molar-refractivity contribution in [2.75, 3.05) is 11.9 Å². The maximum Gasteiger partial charge on any atom is 0.329 e. The highest BCUT2D eigenvalue weighted by Crippen LogP contribution is 2.19. The second kappa shape index (κ2) is 8.68. The van der Waals surface area contributed by atoms with Crippen LogP contribution in [0.5, 0.6) is 0 Å². The molecule has 3 aromatic heterocycles. The Labute approximate surface area is 171 Å². The lowest BCUT2D eigenvalue weighted by atomic mass is 10.0. The van der Waals surface area contributed by atoms with Gasteiger partial charge in [0.05, 0.1) is 29.4 Å². The van der Waals surface area contributed by atoms with Crippen molar-refractivity contribution >= 4 is 28.5 Å². The third kappa shape index (κ3) is 4.27. The van der Waals surface area contributed by atoms with Gasteiger partial charge in [-0.15, -0.1) is 0 Å². The predicted octanol–water partition coefficient (Wildman–Crippen LogP) is 0.992. The van der Waals surface area contributed by atoms with Crippen LogP contribution in [0.2, 0.25) is 0 Å². The van der Waals surface area contributed by atoms with Gasteiger partial charge in [0, 0.05) is 18.4 Å². The number of carbonyl (C=O) groups excluding carboxylic acids is 2. The molecule has 0 bridgehead atoms. The highest BCUT2D eigenvalue weighted by Gasteiger charge is 2.20. The summed E-state index contributed by atoms with van der Waals surface area (Å²) in [5.41, 5.74) is -0.0434. The van der Waals surface area contributed by atoms with Gasteiger partial charge < -0.3 is 10.6 Å². The zero-order chi connectivity index (χ0) is 21.8. The van der Waals surface area contributed by atoms with Gasteiger partial charge >= 0.3 is 5.69 Å². The summed E-state index contributed by atoms with van der Waals surface area (Å²) in [5, 5.41) is 5.13. The molecule has 0 aromatic carbocycles. The van der Waals surface area contributed by atoms with Crippen molar-refractivity contribution in [2.45, 2.75) is 33.2 Å². The summed E-state index contributed by atoms with van der Waals surface area (Å²) in [6, 6.07) is 4.85. The van der Waals surface area contributed by atoms with E-state index < -0.39 is 23.1 Å². The Morgan fingerprint density at radius 1 is 1.27 bits per heavy atom. The average Bonchev–Trinajstić information content (AvgIpc) is 2.72. The van der Waals surface area contributed by atoms with E-state index in [-0.39, 0.29) is 35.6 Å². The fourth-order valence-corrected chi connectivity index (χ4v) is 2.96. The molecule has 3 aromatic rings. The van der Waals surface area contributed by atoms with E-state index in [1.807, 2.05) is 13.8 Å². The number of nitrogens with zero attached hydrogens (tertiary/aromatic N) is 3. The maximum absolute atomic E-state index is 12.9. The van der Waals surface area contributed by atoms with Crippen LogP contribution < -0.4 is 21.9 Å². The summed E-state index contributed by atoms with van der Waals surface area (Å²) in [6.45, 7) is 5.48. The lowest BCUT2D eigenvalue weighted by Gasteiger charge is -2.14. The summed E-state index contributed by atoms with van der Waals surface area (Å²) in [6.07, 6.45) is 3.06. The molecular weight excluding hydrogens is 388 g/mol. The molecule has 30 heavy (non-hydrogen) atoms. The van der Waals surface area contributed by atoms with Crippen molar-refractivity contribution in [3.05, 3.63) is 62.7 Å². The molecule has 3 N–H and O–H groups in total. The number of amides is 2. The van der Waals surface area contributed by atoms with E-state index in [1.165, 1.54) is 16.8 Å². The topological polar surface area (TPSA) is 139 Å². The third-order valence-electron chi connectivity index (χ3n) is 4.48. The number of nitrogens with one attached hydrogen (secondary N) is 3. The number of rotatable bonds is 6. The first-order chi connectivity index (χ1) is 14.3. The van der Waals surface area contributed by atoms with Crippen LogP contribution in [0.4, 0.5) is 5.69 Å². The van der Waals surface area contributed by atoms with E-state index >= 15 is 0 Å². The first kappa shape index (κ1) is 20.9. The molecule has 3 heterocycles. The molecule has 0 aliphatic carbocycles. The number of aromatic amines is 1. The second-order valence-corrected chi connectivity index (χ2v) is 6.92. The Hall–Kier alpha value is -3.82. The van der Waals surface area contributed by atoms with Crippen molar-refractivity contribution in [1.82, 2.24) is 24.8 Å². The number of aromatic nitrogens is 4. The van der Waals surface area contributed by atoms with Gasteiger partial charge in [-0.1, -0.05) is 13.8 Å². The largest absolute Gasteiger partial charge is 0.343 e. The van der Waals surface area contributed by atoms with Gasteiger partial charge in [-0.2, -0.15) is 0 Å². The van der Waals surface area contributed by atoms with Gasteiger partial charge in [0.1, 0.15) is 0 Å². The molecule has 0 radical (unpaired) electrons. The molecule has 3 rings (SSSR count). The Morgan fingerprint density at radius 3 is 2.67 bits per heavy atom. The number of anilines is 1. The fraction of sp³-hybridized carbons (Fsp3) is 0.300. The highest BCUT2D eigenvalue weighted by atomic mass is 16.2. The first-order valence-electron chi connectivity index (χ1n) is 9.47. The van der Waals surface area contributed by atoms with E-state index in [2.05, 4.69) is 25.6 Å². The smallest absolute Gasteiger partial charge is 0.329 e. The van der Waals surface area contributed by atoms with Crippen LogP contribution in [0.3, 0.4) is 0 Å². The zero-order valence-electron chi connectivity index (χ0n) is 16.9. The van der Waals surface area contributed by atoms with Crippen molar-refractivity contribution < 1.29 is 9.59 Å². The first-order valence-corrected chi connectivity index (χ1v) is 9.47. The summed E-state index contributed by atoms with van der Waals surface area (Å²) in [7, 11) is 0. The van der Waals surface area contributed by atoms with Crippen LogP contribution in [-0.2, 0) is 11.3 Å². The van der Waals surface area contributed by atoms with Gasteiger partial charge in [-0.3, -0.25) is 28.9 Å². The maximum atomic E-state index is 12.9. The number of H-pyrrole nitrogens is 1. The minimum absolute atomic E-state index is 0.00557. The van der Waals surface area contributed by atoms with Crippen molar-refractivity contribution in [2.24, 2.45) is 0 Å². The quantitative estimate of drug-likeness (QED) is 0.554. The number of hydrogen-bond acceptors (Lipinski definition) is 6.